The lowest BCUT2D eigenvalue weighted by Crippen LogP contribution is -2.18. The molecular weight excluding hydrogens is 265 g/mol. The van der Waals surface area contributed by atoms with Crippen molar-refractivity contribution in [1.29, 1.82) is 0 Å². The molecule has 5 heteroatoms. The van der Waals surface area contributed by atoms with Crippen molar-refractivity contribution >= 4 is 11.4 Å². The first-order chi connectivity index (χ1) is 9.45. The van der Waals surface area contributed by atoms with Gasteiger partial charge in [-0.25, -0.2) is 0 Å². The number of nitrogens with zero attached hydrogens (tertiary/aromatic N) is 1. The summed E-state index contributed by atoms with van der Waals surface area (Å²) in [5.41, 5.74) is 6.57. The second-order valence-electron chi connectivity index (χ2n) is 4.41. The van der Waals surface area contributed by atoms with Crippen molar-refractivity contribution in [2.75, 3.05) is 11.9 Å². The molecule has 0 amide bonds. The van der Waals surface area contributed by atoms with Gasteiger partial charge in [-0.1, -0.05) is 30.3 Å². The van der Waals surface area contributed by atoms with Crippen molar-refractivity contribution in [2.24, 2.45) is 5.73 Å². The van der Waals surface area contributed by atoms with Crippen LogP contribution >= 0.6 is 0 Å². The Labute approximate surface area is 115 Å². The average Bonchev–Trinajstić information content (AvgIpc) is 2.45. The van der Waals surface area contributed by atoms with Crippen LogP contribution < -0.4 is 10.6 Å². The first-order valence-electron chi connectivity index (χ1n) is 6.13. The second-order valence-corrected chi connectivity index (χ2v) is 4.41. The molecule has 20 heavy (non-hydrogen) atoms. The van der Waals surface area contributed by atoms with Gasteiger partial charge in [-0.2, -0.15) is 13.2 Å². The van der Waals surface area contributed by atoms with E-state index >= 15 is 0 Å². The van der Waals surface area contributed by atoms with Crippen LogP contribution in [-0.4, -0.2) is 7.05 Å². The Morgan fingerprint density at radius 1 is 0.950 bits per heavy atom. The molecule has 2 N–H and O–H groups in total. The quantitative estimate of drug-likeness (QED) is 0.923. The van der Waals surface area contributed by atoms with Crippen LogP contribution in [0.4, 0.5) is 24.5 Å². The fourth-order valence-corrected chi connectivity index (χ4v) is 2.15. The van der Waals surface area contributed by atoms with Crippen molar-refractivity contribution in [2.45, 2.75) is 12.7 Å². The highest BCUT2D eigenvalue weighted by Gasteiger charge is 2.34. The molecule has 0 aliphatic heterocycles. The highest BCUT2D eigenvalue weighted by molar-refractivity contribution is 5.69. The summed E-state index contributed by atoms with van der Waals surface area (Å²) < 4.78 is 39.2. The molecule has 2 rings (SSSR count). The monoisotopic (exact) mass is 280 g/mol. The van der Waals surface area contributed by atoms with Gasteiger partial charge in [0.1, 0.15) is 0 Å². The van der Waals surface area contributed by atoms with Gasteiger partial charge in [0.15, 0.2) is 0 Å². The summed E-state index contributed by atoms with van der Waals surface area (Å²) in [5, 5.41) is 0. The van der Waals surface area contributed by atoms with Crippen LogP contribution in [0.2, 0.25) is 0 Å². The van der Waals surface area contributed by atoms with Crippen LogP contribution in [0.3, 0.4) is 0 Å². The molecule has 0 fully saturated rings. The van der Waals surface area contributed by atoms with Crippen LogP contribution in [0.1, 0.15) is 11.1 Å². The maximum Gasteiger partial charge on any atom is 0.418 e. The number of halogens is 3. The number of rotatable bonds is 3. The van der Waals surface area contributed by atoms with E-state index in [1.807, 2.05) is 12.1 Å². The van der Waals surface area contributed by atoms with Gasteiger partial charge in [0.25, 0.3) is 0 Å². The molecule has 0 saturated carbocycles. The minimum Gasteiger partial charge on any atom is -0.344 e. The van der Waals surface area contributed by atoms with Gasteiger partial charge >= 0.3 is 6.18 Å². The van der Waals surface area contributed by atoms with E-state index in [0.717, 1.165) is 11.6 Å². The molecule has 0 saturated heterocycles. The van der Waals surface area contributed by atoms with Gasteiger partial charge in [-0.15, -0.1) is 0 Å². The molecule has 2 aromatic rings. The molecule has 0 aliphatic rings. The number of anilines is 2. The van der Waals surface area contributed by atoms with Crippen molar-refractivity contribution in [3.63, 3.8) is 0 Å². The largest absolute Gasteiger partial charge is 0.418 e. The molecule has 2 aromatic carbocycles. The van der Waals surface area contributed by atoms with Crippen molar-refractivity contribution in [3.8, 4) is 0 Å². The molecule has 106 valence electrons. The van der Waals surface area contributed by atoms with E-state index in [4.69, 9.17) is 5.73 Å². The minimum absolute atomic E-state index is 0.112. The second kappa shape index (κ2) is 5.54. The predicted octanol–water partition coefficient (Wildman–Crippen LogP) is 3.93. The van der Waals surface area contributed by atoms with E-state index in [-0.39, 0.29) is 12.2 Å². The molecule has 0 aliphatic carbocycles. The van der Waals surface area contributed by atoms with Crippen LogP contribution in [-0.2, 0) is 12.7 Å². The molecule has 0 heterocycles. The standard InChI is InChI=1S/C15H15F3N2/c1-20(13-8-4-2-6-11(13)10-19)14-9-5-3-7-12(14)15(16,17)18/h2-9H,10,19H2,1H3. The third-order valence-corrected chi connectivity index (χ3v) is 3.14. The van der Waals surface area contributed by atoms with Gasteiger partial charge in [0.05, 0.1) is 11.3 Å². The molecule has 0 aromatic heterocycles. The Hall–Kier alpha value is -2.01. The third-order valence-electron chi connectivity index (χ3n) is 3.14. The third kappa shape index (κ3) is 2.77. The van der Waals surface area contributed by atoms with Gasteiger partial charge in [-0.05, 0) is 23.8 Å². The predicted molar refractivity (Wildman–Crippen MR) is 73.8 cm³/mol. The zero-order valence-corrected chi connectivity index (χ0v) is 11.0. The van der Waals surface area contributed by atoms with Crippen LogP contribution in [0.25, 0.3) is 0 Å². The van der Waals surface area contributed by atoms with Gasteiger partial charge in [0.2, 0.25) is 0 Å². The smallest absolute Gasteiger partial charge is 0.344 e. The maximum atomic E-state index is 13.1. The topological polar surface area (TPSA) is 29.3 Å². The van der Waals surface area contributed by atoms with Crippen LogP contribution in [0, 0.1) is 0 Å². The SMILES string of the molecule is CN(c1ccccc1CN)c1ccccc1C(F)(F)F. The summed E-state index contributed by atoms with van der Waals surface area (Å²) in [6.07, 6.45) is -4.39. The van der Waals surface area contributed by atoms with Crippen molar-refractivity contribution < 1.29 is 13.2 Å². The highest BCUT2D eigenvalue weighted by Crippen LogP contribution is 2.38. The lowest BCUT2D eigenvalue weighted by molar-refractivity contribution is -0.137. The number of hydrogen-bond acceptors (Lipinski definition) is 2. The zero-order valence-electron chi connectivity index (χ0n) is 11.0. The summed E-state index contributed by atoms with van der Waals surface area (Å²) in [7, 11) is 1.61. The van der Waals surface area contributed by atoms with E-state index in [9.17, 15) is 13.2 Å². The van der Waals surface area contributed by atoms with Gasteiger partial charge < -0.3 is 10.6 Å². The minimum atomic E-state index is -4.39. The van der Waals surface area contributed by atoms with E-state index < -0.39 is 11.7 Å². The first kappa shape index (κ1) is 14.4. The Balaban J connectivity index is 2.52. The summed E-state index contributed by atoms with van der Waals surface area (Å²) >= 11 is 0. The molecule has 0 unspecified atom stereocenters. The molecule has 0 spiro atoms. The Bertz CT molecular complexity index is 594. The summed E-state index contributed by atoms with van der Waals surface area (Å²) in [4.78, 5) is 1.52. The number of nitrogens with two attached hydrogens (primary N) is 1. The van der Waals surface area contributed by atoms with E-state index in [2.05, 4.69) is 0 Å². The number of hydrogen-bond donors (Lipinski definition) is 1. The Kier molecular flexibility index (Phi) is 3.99. The van der Waals surface area contributed by atoms with E-state index in [1.54, 1.807) is 25.2 Å². The Morgan fingerprint density at radius 3 is 2.10 bits per heavy atom. The average molecular weight is 280 g/mol. The normalized spacial score (nSPS) is 11.4. The van der Waals surface area contributed by atoms with Crippen LogP contribution in [0.15, 0.2) is 48.5 Å². The fourth-order valence-electron chi connectivity index (χ4n) is 2.15. The highest BCUT2D eigenvalue weighted by atomic mass is 19.4. The molecule has 0 bridgehead atoms. The lowest BCUT2D eigenvalue weighted by atomic mass is 10.1. The summed E-state index contributed by atoms with van der Waals surface area (Å²) in [5.74, 6) is 0. The van der Waals surface area contributed by atoms with E-state index in [1.165, 1.54) is 17.0 Å². The summed E-state index contributed by atoms with van der Waals surface area (Å²) in [6.45, 7) is 0.273. The zero-order chi connectivity index (χ0) is 14.8. The van der Waals surface area contributed by atoms with Crippen molar-refractivity contribution in [3.05, 3.63) is 59.7 Å². The number of alkyl halides is 3. The van der Waals surface area contributed by atoms with Crippen LogP contribution in [0.5, 0.6) is 0 Å². The molecule has 0 radical (unpaired) electrons. The summed E-state index contributed by atoms with van der Waals surface area (Å²) in [6, 6.07) is 12.7. The van der Waals surface area contributed by atoms with Gasteiger partial charge in [-0.3, -0.25) is 0 Å². The maximum absolute atomic E-state index is 13.1. The number of para-hydroxylation sites is 2. The van der Waals surface area contributed by atoms with E-state index in [0.29, 0.717) is 5.69 Å². The molecule has 0 atom stereocenters. The first-order valence-corrected chi connectivity index (χ1v) is 6.13. The fraction of sp³-hybridized carbons (Fsp3) is 0.200. The van der Waals surface area contributed by atoms with Gasteiger partial charge in [0, 0.05) is 19.3 Å². The Morgan fingerprint density at radius 2 is 1.50 bits per heavy atom. The lowest BCUT2D eigenvalue weighted by Gasteiger charge is -2.25. The van der Waals surface area contributed by atoms with Crippen molar-refractivity contribution in [1.82, 2.24) is 0 Å². The number of benzene rings is 2. The molecule has 2 nitrogen and oxygen atoms in total. The molecular formula is C15H15F3N2.